The van der Waals surface area contributed by atoms with Gasteiger partial charge in [0.15, 0.2) is 0 Å². The van der Waals surface area contributed by atoms with Gasteiger partial charge in [0.25, 0.3) is 0 Å². The minimum absolute atomic E-state index is 0.774. The molecular formula is C9H18N2. The monoisotopic (exact) mass is 154 g/mol. The number of nitrogens with zero attached hydrogens (tertiary/aromatic N) is 1. The fourth-order valence-electron chi connectivity index (χ4n) is 2.11. The van der Waals surface area contributed by atoms with Crippen LogP contribution in [0.5, 0.6) is 0 Å². The second-order valence-electron chi connectivity index (χ2n) is 3.85. The quantitative estimate of drug-likeness (QED) is 0.634. The molecule has 1 atom stereocenters. The van der Waals surface area contributed by atoms with E-state index in [0.29, 0.717) is 0 Å². The van der Waals surface area contributed by atoms with Crippen LogP contribution in [0.3, 0.4) is 0 Å². The minimum atomic E-state index is 0.774. The molecular weight excluding hydrogens is 136 g/mol. The molecule has 11 heavy (non-hydrogen) atoms. The second-order valence-corrected chi connectivity index (χ2v) is 3.85. The van der Waals surface area contributed by atoms with Gasteiger partial charge in [0, 0.05) is 25.2 Å². The van der Waals surface area contributed by atoms with E-state index < -0.39 is 0 Å². The first kappa shape index (κ1) is 7.56. The summed E-state index contributed by atoms with van der Waals surface area (Å²) >= 11 is 0. The number of rotatable bonds is 2. The first-order valence-corrected chi connectivity index (χ1v) is 4.81. The SMILES string of the molecule is CNC1CCN(C2CCC2)C1. The van der Waals surface area contributed by atoms with Crippen LogP contribution in [-0.4, -0.2) is 37.1 Å². The lowest BCUT2D eigenvalue weighted by Crippen LogP contribution is -2.40. The third kappa shape index (κ3) is 1.42. The van der Waals surface area contributed by atoms with Gasteiger partial charge in [0.1, 0.15) is 0 Å². The van der Waals surface area contributed by atoms with E-state index in [4.69, 9.17) is 0 Å². The zero-order valence-electron chi connectivity index (χ0n) is 7.34. The van der Waals surface area contributed by atoms with E-state index in [-0.39, 0.29) is 0 Å². The van der Waals surface area contributed by atoms with Crippen molar-refractivity contribution in [3.8, 4) is 0 Å². The molecule has 2 heteroatoms. The molecule has 0 aromatic rings. The van der Waals surface area contributed by atoms with Gasteiger partial charge in [0.05, 0.1) is 0 Å². The third-order valence-electron chi connectivity index (χ3n) is 3.22. The molecule has 1 aliphatic carbocycles. The van der Waals surface area contributed by atoms with Crippen LogP contribution in [0.15, 0.2) is 0 Å². The summed E-state index contributed by atoms with van der Waals surface area (Å²) in [6.07, 6.45) is 5.73. The van der Waals surface area contributed by atoms with Gasteiger partial charge in [-0.1, -0.05) is 6.42 Å². The number of hydrogen-bond acceptors (Lipinski definition) is 2. The van der Waals surface area contributed by atoms with Gasteiger partial charge in [-0.05, 0) is 26.3 Å². The fourth-order valence-corrected chi connectivity index (χ4v) is 2.11. The summed E-state index contributed by atoms with van der Waals surface area (Å²) < 4.78 is 0. The van der Waals surface area contributed by atoms with E-state index in [0.717, 1.165) is 12.1 Å². The normalized spacial score (nSPS) is 34.1. The predicted molar refractivity (Wildman–Crippen MR) is 46.7 cm³/mol. The molecule has 0 radical (unpaired) electrons. The van der Waals surface area contributed by atoms with Crippen molar-refractivity contribution in [3.05, 3.63) is 0 Å². The van der Waals surface area contributed by atoms with Gasteiger partial charge in [-0.25, -0.2) is 0 Å². The Morgan fingerprint density at radius 2 is 2.09 bits per heavy atom. The molecule has 2 nitrogen and oxygen atoms in total. The van der Waals surface area contributed by atoms with Crippen molar-refractivity contribution in [1.29, 1.82) is 0 Å². The molecule has 0 amide bonds. The Labute approximate surface area is 69.0 Å². The van der Waals surface area contributed by atoms with Crippen molar-refractivity contribution in [2.45, 2.75) is 37.8 Å². The maximum Gasteiger partial charge on any atom is 0.0204 e. The van der Waals surface area contributed by atoms with Gasteiger partial charge in [0.2, 0.25) is 0 Å². The Hall–Kier alpha value is -0.0800. The zero-order chi connectivity index (χ0) is 7.68. The van der Waals surface area contributed by atoms with Crippen LogP contribution in [0.1, 0.15) is 25.7 Å². The zero-order valence-corrected chi connectivity index (χ0v) is 7.34. The highest BCUT2D eigenvalue weighted by molar-refractivity contribution is 4.88. The van der Waals surface area contributed by atoms with Crippen LogP contribution >= 0.6 is 0 Å². The van der Waals surface area contributed by atoms with E-state index in [2.05, 4.69) is 17.3 Å². The Bertz CT molecular complexity index is 132. The molecule has 64 valence electrons. The highest BCUT2D eigenvalue weighted by atomic mass is 15.2. The molecule has 2 fully saturated rings. The van der Waals surface area contributed by atoms with Crippen molar-refractivity contribution in [2.24, 2.45) is 0 Å². The van der Waals surface area contributed by atoms with Crippen molar-refractivity contribution >= 4 is 0 Å². The Morgan fingerprint density at radius 3 is 2.55 bits per heavy atom. The summed E-state index contributed by atoms with van der Waals surface area (Å²) in [5.74, 6) is 0. The highest BCUT2D eigenvalue weighted by Crippen LogP contribution is 2.27. The van der Waals surface area contributed by atoms with E-state index in [9.17, 15) is 0 Å². The van der Waals surface area contributed by atoms with E-state index in [1.165, 1.54) is 38.8 Å². The summed E-state index contributed by atoms with van der Waals surface area (Å²) in [6, 6.07) is 1.73. The molecule has 1 saturated carbocycles. The summed E-state index contributed by atoms with van der Waals surface area (Å²) in [5.41, 5.74) is 0. The van der Waals surface area contributed by atoms with E-state index >= 15 is 0 Å². The Balaban J connectivity index is 1.79. The summed E-state index contributed by atoms with van der Waals surface area (Å²) in [5, 5.41) is 3.36. The molecule has 1 saturated heterocycles. The lowest BCUT2D eigenvalue weighted by atomic mass is 9.92. The highest BCUT2D eigenvalue weighted by Gasteiger charge is 2.30. The molecule has 0 aromatic heterocycles. The number of likely N-dealkylation sites (N-methyl/N-ethyl adjacent to an activating group) is 1. The Kier molecular flexibility index (Phi) is 2.14. The average Bonchev–Trinajstić information content (AvgIpc) is 2.32. The Morgan fingerprint density at radius 1 is 1.27 bits per heavy atom. The number of hydrogen-bond donors (Lipinski definition) is 1. The second kappa shape index (κ2) is 3.11. The number of likely N-dealkylation sites (tertiary alicyclic amines) is 1. The van der Waals surface area contributed by atoms with Gasteiger partial charge < -0.3 is 5.32 Å². The fraction of sp³-hybridized carbons (Fsp3) is 1.00. The molecule has 1 aliphatic heterocycles. The van der Waals surface area contributed by atoms with Crippen LogP contribution in [0, 0.1) is 0 Å². The van der Waals surface area contributed by atoms with Crippen molar-refractivity contribution in [3.63, 3.8) is 0 Å². The van der Waals surface area contributed by atoms with Crippen LogP contribution < -0.4 is 5.32 Å². The summed E-state index contributed by atoms with van der Waals surface area (Å²) in [6.45, 7) is 2.62. The van der Waals surface area contributed by atoms with Crippen LogP contribution in [0.4, 0.5) is 0 Å². The van der Waals surface area contributed by atoms with Gasteiger partial charge in [-0.3, -0.25) is 4.90 Å². The smallest absolute Gasteiger partial charge is 0.0204 e. The lowest BCUT2D eigenvalue weighted by Gasteiger charge is -2.34. The first-order valence-electron chi connectivity index (χ1n) is 4.81. The predicted octanol–water partition coefficient (Wildman–Crippen LogP) is 0.833. The van der Waals surface area contributed by atoms with Crippen LogP contribution in [0.2, 0.25) is 0 Å². The van der Waals surface area contributed by atoms with Gasteiger partial charge in [-0.15, -0.1) is 0 Å². The maximum absolute atomic E-state index is 3.36. The molecule has 1 unspecified atom stereocenters. The molecule has 1 N–H and O–H groups in total. The maximum atomic E-state index is 3.36. The molecule has 0 aromatic carbocycles. The van der Waals surface area contributed by atoms with Gasteiger partial charge in [-0.2, -0.15) is 0 Å². The van der Waals surface area contributed by atoms with E-state index in [1.807, 2.05) is 0 Å². The average molecular weight is 154 g/mol. The van der Waals surface area contributed by atoms with Gasteiger partial charge >= 0.3 is 0 Å². The molecule has 0 spiro atoms. The lowest BCUT2D eigenvalue weighted by molar-refractivity contribution is 0.156. The summed E-state index contributed by atoms with van der Waals surface area (Å²) in [4.78, 5) is 2.66. The van der Waals surface area contributed by atoms with Crippen LogP contribution in [0.25, 0.3) is 0 Å². The standard InChI is InChI=1S/C9H18N2/c1-10-8-5-6-11(7-8)9-3-2-4-9/h8-10H,2-7H2,1H3. The van der Waals surface area contributed by atoms with E-state index in [1.54, 1.807) is 0 Å². The topological polar surface area (TPSA) is 15.3 Å². The van der Waals surface area contributed by atoms with Crippen molar-refractivity contribution in [2.75, 3.05) is 20.1 Å². The number of nitrogens with one attached hydrogen (secondary N) is 1. The molecule has 2 aliphatic rings. The van der Waals surface area contributed by atoms with Crippen molar-refractivity contribution < 1.29 is 0 Å². The largest absolute Gasteiger partial charge is 0.316 e. The first-order chi connectivity index (χ1) is 5.40. The van der Waals surface area contributed by atoms with Crippen molar-refractivity contribution in [1.82, 2.24) is 10.2 Å². The summed E-state index contributed by atoms with van der Waals surface area (Å²) in [7, 11) is 2.08. The minimum Gasteiger partial charge on any atom is -0.316 e. The molecule has 1 heterocycles. The molecule has 0 bridgehead atoms. The molecule has 2 rings (SSSR count). The van der Waals surface area contributed by atoms with Crippen LogP contribution in [-0.2, 0) is 0 Å². The third-order valence-corrected chi connectivity index (χ3v) is 3.22.